The molecule has 6 aromatic carbocycles. The number of rotatable bonds is 5. The second-order valence-corrected chi connectivity index (χ2v) is 14.8. The average Bonchev–Trinajstić information content (AvgIpc) is 3.67. The lowest BCUT2D eigenvalue weighted by Gasteiger charge is -2.33. The number of hydrogen-bond donors (Lipinski definition) is 2. The van der Waals surface area contributed by atoms with Crippen molar-refractivity contribution in [1.82, 2.24) is 15.2 Å². The monoisotopic (exact) mass is 672 g/mol. The summed E-state index contributed by atoms with van der Waals surface area (Å²) in [6.07, 6.45) is 8.43. The smallest absolute Gasteiger partial charge is 0.131 e. The maximum Gasteiger partial charge on any atom is 0.131 e. The topological polar surface area (TPSA) is 41.4 Å². The maximum atomic E-state index is 5.20. The molecule has 0 radical (unpaired) electrons. The summed E-state index contributed by atoms with van der Waals surface area (Å²) in [6.45, 7) is 4.73. The molecular formula is C48H40N4. The summed E-state index contributed by atoms with van der Waals surface area (Å²) in [7, 11) is 0. The van der Waals surface area contributed by atoms with Gasteiger partial charge in [0.25, 0.3) is 0 Å². The third kappa shape index (κ3) is 4.90. The van der Waals surface area contributed by atoms with Crippen LogP contribution in [0, 0.1) is 0 Å². The number of fused-ring (bicyclic) bond motifs is 7. The number of aromatic nitrogens is 1. The highest BCUT2D eigenvalue weighted by atomic mass is 15.3. The van der Waals surface area contributed by atoms with E-state index < -0.39 is 0 Å². The molecule has 2 unspecified atom stereocenters. The zero-order valence-electron chi connectivity index (χ0n) is 29.5. The SMILES string of the molecule is CC1(C)c2ccccc2-c2c1ccc1c3cc(-c4ccccc4)ccc3n(-c3cccc(C4NC(c5ccccc5)=NC(C5=CC=CCC5)N4)c3)c21. The van der Waals surface area contributed by atoms with Crippen LogP contribution in [0.25, 0.3) is 49.7 Å². The molecule has 4 nitrogen and oxygen atoms in total. The Balaban J connectivity index is 1.17. The minimum Gasteiger partial charge on any atom is -0.350 e. The van der Waals surface area contributed by atoms with Crippen LogP contribution >= 0.6 is 0 Å². The number of aliphatic imine (C=N–C) groups is 1. The van der Waals surface area contributed by atoms with Gasteiger partial charge in [-0.1, -0.05) is 147 Å². The van der Waals surface area contributed by atoms with Crippen molar-refractivity contribution in [3.05, 3.63) is 186 Å². The lowest BCUT2D eigenvalue weighted by Crippen LogP contribution is -2.49. The number of allylic oxidation sites excluding steroid dienone is 3. The summed E-state index contributed by atoms with van der Waals surface area (Å²) in [6, 6.07) is 51.0. The van der Waals surface area contributed by atoms with E-state index in [-0.39, 0.29) is 17.7 Å². The molecule has 0 bridgehead atoms. The van der Waals surface area contributed by atoms with Gasteiger partial charge in [-0.05, 0) is 76.1 Å². The Hall–Kier alpha value is -5.97. The number of nitrogens with one attached hydrogen (secondary N) is 2. The molecule has 52 heavy (non-hydrogen) atoms. The lowest BCUT2D eigenvalue weighted by atomic mass is 9.82. The molecular weight excluding hydrogens is 633 g/mol. The van der Waals surface area contributed by atoms with E-state index in [9.17, 15) is 0 Å². The van der Waals surface area contributed by atoms with Crippen molar-refractivity contribution in [3.63, 3.8) is 0 Å². The first kappa shape index (κ1) is 30.8. The van der Waals surface area contributed by atoms with Gasteiger partial charge in [0.05, 0.1) is 11.0 Å². The van der Waals surface area contributed by atoms with Gasteiger partial charge < -0.3 is 9.88 Å². The molecule has 2 heterocycles. The van der Waals surface area contributed by atoms with Crippen LogP contribution in [0.5, 0.6) is 0 Å². The van der Waals surface area contributed by atoms with Gasteiger partial charge in [-0.3, -0.25) is 5.32 Å². The molecule has 3 aliphatic rings. The zero-order valence-corrected chi connectivity index (χ0v) is 29.5. The van der Waals surface area contributed by atoms with Gasteiger partial charge in [0.15, 0.2) is 0 Å². The number of nitrogens with zero attached hydrogens (tertiary/aromatic N) is 2. The van der Waals surface area contributed by atoms with Crippen LogP contribution in [0.4, 0.5) is 0 Å². The number of hydrogen-bond acceptors (Lipinski definition) is 3. The van der Waals surface area contributed by atoms with Gasteiger partial charge in [-0.2, -0.15) is 0 Å². The quantitative estimate of drug-likeness (QED) is 0.191. The standard InChI is InChI=1S/C48H40N4/c1-48(2)40-24-13-12-23-38(40)43-41(48)27-26-37-39-30-34(31-15-6-3-7-16-31)25-28-42(39)52(44(37)43)36-22-14-21-35(29-36)47-50-45(32-17-8-4-9-18-32)49-46(51-47)33-19-10-5-11-20-33/h3-10,12-19,21-30,46-47,51H,11,20H2,1-2H3,(H,49,50). The fourth-order valence-electron chi connectivity index (χ4n) is 8.73. The van der Waals surface area contributed by atoms with Crippen molar-refractivity contribution in [2.45, 2.75) is 44.4 Å². The van der Waals surface area contributed by atoms with E-state index in [1.165, 1.54) is 66.3 Å². The number of benzene rings is 6. The Morgan fingerprint density at radius 1 is 0.692 bits per heavy atom. The number of amidine groups is 1. The van der Waals surface area contributed by atoms with Crippen LogP contribution in [-0.2, 0) is 5.41 Å². The zero-order chi connectivity index (χ0) is 34.8. The van der Waals surface area contributed by atoms with Gasteiger partial charge in [-0.25, -0.2) is 4.99 Å². The van der Waals surface area contributed by atoms with E-state index in [2.05, 4.69) is 187 Å². The predicted molar refractivity (Wildman–Crippen MR) is 216 cm³/mol. The second kappa shape index (κ2) is 12.1. The second-order valence-electron chi connectivity index (χ2n) is 14.8. The molecule has 10 rings (SSSR count). The van der Waals surface area contributed by atoms with Crippen LogP contribution in [0.15, 0.2) is 168 Å². The molecule has 0 amide bonds. The molecule has 2 aliphatic carbocycles. The van der Waals surface area contributed by atoms with Gasteiger partial charge in [-0.15, -0.1) is 0 Å². The third-order valence-corrected chi connectivity index (χ3v) is 11.3. The average molecular weight is 673 g/mol. The van der Waals surface area contributed by atoms with E-state index >= 15 is 0 Å². The predicted octanol–water partition coefficient (Wildman–Crippen LogP) is 11.0. The first-order valence-corrected chi connectivity index (χ1v) is 18.4. The van der Waals surface area contributed by atoms with Crippen LogP contribution in [-0.4, -0.2) is 16.6 Å². The van der Waals surface area contributed by atoms with Crippen molar-refractivity contribution in [3.8, 4) is 27.9 Å². The molecule has 0 saturated heterocycles. The highest BCUT2D eigenvalue weighted by Gasteiger charge is 2.37. The van der Waals surface area contributed by atoms with Crippen LogP contribution in [0.3, 0.4) is 0 Å². The Labute approximate surface area is 304 Å². The Morgan fingerprint density at radius 2 is 1.48 bits per heavy atom. The van der Waals surface area contributed by atoms with Crippen LogP contribution in [0.1, 0.15) is 55.1 Å². The highest BCUT2D eigenvalue weighted by molar-refractivity contribution is 6.16. The molecule has 2 atom stereocenters. The summed E-state index contributed by atoms with van der Waals surface area (Å²) in [5, 5.41) is 10.2. The molecule has 0 saturated carbocycles. The van der Waals surface area contributed by atoms with Crippen molar-refractivity contribution in [2.24, 2.45) is 4.99 Å². The summed E-state index contributed by atoms with van der Waals surface area (Å²) >= 11 is 0. The maximum absolute atomic E-state index is 5.20. The summed E-state index contributed by atoms with van der Waals surface area (Å²) in [5.41, 5.74) is 15.0. The third-order valence-electron chi connectivity index (χ3n) is 11.3. The van der Waals surface area contributed by atoms with E-state index in [4.69, 9.17) is 4.99 Å². The lowest BCUT2D eigenvalue weighted by molar-refractivity contribution is 0.425. The van der Waals surface area contributed by atoms with Crippen LogP contribution in [0.2, 0.25) is 0 Å². The highest BCUT2D eigenvalue weighted by Crippen LogP contribution is 2.53. The van der Waals surface area contributed by atoms with Crippen molar-refractivity contribution < 1.29 is 0 Å². The van der Waals surface area contributed by atoms with E-state index in [1.807, 2.05) is 0 Å². The first-order chi connectivity index (χ1) is 25.5. The fraction of sp³-hybridized carbons (Fsp3) is 0.146. The first-order valence-electron chi connectivity index (χ1n) is 18.4. The Bertz CT molecular complexity index is 2610. The normalized spacial score (nSPS) is 18.8. The van der Waals surface area contributed by atoms with Gasteiger partial charge >= 0.3 is 0 Å². The molecule has 0 spiro atoms. The van der Waals surface area contributed by atoms with E-state index in [0.717, 1.165) is 29.9 Å². The molecule has 1 aliphatic heterocycles. The minimum atomic E-state index is -0.132. The van der Waals surface area contributed by atoms with Crippen molar-refractivity contribution >= 4 is 27.6 Å². The summed E-state index contributed by atoms with van der Waals surface area (Å²) in [5.74, 6) is 0.914. The summed E-state index contributed by atoms with van der Waals surface area (Å²) in [4.78, 5) is 5.20. The van der Waals surface area contributed by atoms with E-state index in [1.54, 1.807) is 0 Å². The molecule has 1 aromatic heterocycles. The largest absolute Gasteiger partial charge is 0.350 e. The van der Waals surface area contributed by atoms with Gasteiger partial charge in [0.2, 0.25) is 0 Å². The fourth-order valence-corrected chi connectivity index (χ4v) is 8.73. The van der Waals surface area contributed by atoms with Gasteiger partial charge in [0.1, 0.15) is 18.2 Å². The minimum absolute atomic E-state index is 0.0977. The molecule has 2 N–H and O–H groups in total. The molecule has 7 aromatic rings. The van der Waals surface area contributed by atoms with Crippen LogP contribution < -0.4 is 10.6 Å². The van der Waals surface area contributed by atoms with E-state index in [0.29, 0.717) is 0 Å². The Kier molecular flexibility index (Phi) is 7.16. The summed E-state index contributed by atoms with van der Waals surface area (Å²) < 4.78 is 2.51. The van der Waals surface area contributed by atoms with Crippen molar-refractivity contribution in [1.29, 1.82) is 0 Å². The van der Waals surface area contributed by atoms with Crippen molar-refractivity contribution in [2.75, 3.05) is 0 Å². The Morgan fingerprint density at radius 3 is 2.29 bits per heavy atom. The molecule has 4 heteroatoms. The van der Waals surface area contributed by atoms with Gasteiger partial charge in [0, 0.05) is 33.0 Å². The molecule has 252 valence electrons. The molecule has 0 fully saturated rings.